The van der Waals surface area contributed by atoms with Gasteiger partial charge in [-0.2, -0.15) is 18.3 Å². The molecule has 1 atom stereocenters. The van der Waals surface area contributed by atoms with Crippen molar-refractivity contribution < 1.29 is 27.9 Å². The van der Waals surface area contributed by atoms with E-state index in [4.69, 9.17) is 20.0 Å². The molecule has 1 saturated heterocycles. The number of benzene rings is 1. The Morgan fingerprint density at radius 2 is 1.72 bits per heavy atom. The molecule has 0 saturated carbocycles. The number of aliphatic carboxylic acids is 1. The summed E-state index contributed by atoms with van der Waals surface area (Å²) in [6.45, 7) is 3.36. The normalized spacial score (nSPS) is 15.4. The van der Waals surface area contributed by atoms with Crippen LogP contribution in [-0.4, -0.2) is 60.7 Å². The van der Waals surface area contributed by atoms with Gasteiger partial charge in [-0.25, -0.2) is 14.3 Å². The van der Waals surface area contributed by atoms with Crippen molar-refractivity contribution in [2.45, 2.75) is 25.4 Å². The lowest BCUT2D eigenvalue weighted by Gasteiger charge is -2.17. The third kappa shape index (κ3) is 5.51. The Balaban J connectivity index is 0.000000384. The number of alkyl halides is 3. The van der Waals surface area contributed by atoms with E-state index in [0.717, 1.165) is 46.7 Å². The number of hydrogen-bond acceptors (Lipinski definition) is 5. The summed E-state index contributed by atoms with van der Waals surface area (Å²) in [7, 11) is 0. The minimum atomic E-state index is -5.08. The van der Waals surface area contributed by atoms with Crippen LogP contribution in [0.15, 0.2) is 67.1 Å². The van der Waals surface area contributed by atoms with Crippen LogP contribution < -0.4 is 0 Å². The Hall–Kier alpha value is -4.28. The average molecular weight is 497 g/mol. The van der Waals surface area contributed by atoms with Gasteiger partial charge in [-0.3, -0.25) is 9.78 Å². The molecule has 8 nitrogen and oxygen atoms in total. The van der Waals surface area contributed by atoms with Gasteiger partial charge in [0, 0.05) is 48.7 Å². The molecule has 3 aromatic heterocycles. The van der Waals surface area contributed by atoms with Crippen molar-refractivity contribution in [3.05, 3.63) is 84.1 Å². The van der Waals surface area contributed by atoms with E-state index in [1.807, 2.05) is 71.1 Å². The fourth-order valence-corrected chi connectivity index (χ4v) is 3.93. The summed E-state index contributed by atoms with van der Waals surface area (Å²) in [5.74, 6) is -1.70. The largest absolute Gasteiger partial charge is 0.490 e. The Morgan fingerprint density at radius 3 is 2.39 bits per heavy atom. The second-order valence-corrected chi connectivity index (χ2v) is 8.28. The molecule has 1 fully saturated rings. The summed E-state index contributed by atoms with van der Waals surface area (Å²) < 4.78 is 33.6. The summed E-state index contributed by atoms with van der Waals surface area (Å²) >= 11 is 0. The van der Waals surface area contributed by atoms with Crippen molar-refractivity contribution in [2.24, 2.45) is 0 Å². The van der Waals surface area contributed by atoms with Gasteiger partial charge in [0.1, 0.15) is 0 Å². The molecule has 1 aliphatic rings. The van der Waals surface area contributed by atoms with E-state index in [1.165, 1.54) is 0 Å². The highest BCUT2D eigenvalue weighted by Crippen LogP contribution is 2.28. The molecule has 4 aromatic rings. The van der Waals surface area contributed by atoms with Crippen LogP contribution >= 0.6 is 0 Å². The summed E-state index contributed by atoms with van der Waals surface area (Å²) in [5.41, 5.74) is 4.77. The molecule has 0 bridgehead atoms. The lowest BCUT2D eigenvalue weighted by molar-refractivity contribution is -0.192. The zero-order chi connectivity index (χ0) is 25.9. The van der Waals surface area contributed by atoms with Gasteiger partial charge in [-0.1, -0.05) is 18.2 Å². The molecule has 1 amide bonds. The molecular weight excluding hydrogens is 475 g/mol. The van der Waals surface area contributed by atoms with Gasteiger partial charge < -0.3 is 10.0 Å². The fourth-order valence-electron chi connectivity index (χ4n) is 3.93. The lowest BCUT2D eigenvalue weighted by atomic mass is 10.1. The first-order chi connectivity index (χ1) is 17.1. The van der Waals surface area contributed by atoms with Crippen molar-refractivity contribution in [1.82, 2.24) is 24.5 Å². The van der Waals surface area contributed by atoms with Crippen molar-refractivity contribution >= 4 is 17.5 Å². The molecule has 0 aliphatic carbocycles. The molecule has 186 valence electrons. The van der Waals surface area contributed by atoms with Crippen molar-refractivity contribution in [2.75, 3.05) is 13.1 Å². The van der Waals surface area contributed by atoms with Crippen LogP contribution in [-0.2, 0) is 4.79 Å². The third-order valence-corrected chi connectivity index (χ3v) is 5.82. The highest BCUT2D eigenvalue weighted by Gasteiger charge is 2.38. The van der Waals surface area contributed by atoms with Crippen molar-refractivity contribution in [3.63, 3.8) is 0 Å². The van der Waals surface area contributed by atoms with Crippen molar-refractivity contribution in [1.29, 1.82) is 0 Å². The zero-order valence-electron chi connectivity index (χ0n) is 19.2. The van der Waals surface area contributed by atoms with Crippen molar-refractivity contribution in [3.8, 4) is 11.1 Å². The van der Waals surface area contributed by atoms with Crippen LogP contribution in [0.4, 0.5) is 13.2 Å². The quantitative estimate of drug-likeness (QED) is 0.451. The van der Waals surface area contributed by atoms with Crippen LogP contribution in [0.2, 0.25) is 0 Å². The molecular formula is C25H22F3N5O3. The van der Waals surface area contributed by atoms with E-state index >= 15 is 0 Å². The Morgan fingerprint density at radius 1 is 1.03 bits per heavy atom. The number of aromatic nitrogens is 4. The highest BCUT2D eigenvalue weighted by molar-refractivity contribution is 5.95. The van der Waals surface area contributed by atoms with Gasteiger partial charge in [0.15, 0.2) is 11.5 Å². The topological polar surface area (TPSA) is 101 Å². The highest BCUT2D eigenvalue weighted by atomic mass is 19.4. The number of aryl methyl sites for hydroxylation is 1. The van der Waals surface area contributed by atoms with Gasteiger partial charge in [0.2, 0.25) is 0 Å². The molecule has 36 heavy (non-hydrogen) atoms. The molecule has 11 heteroatoms. The summed E-state index contributed by atoms with van der Waals surface area (Å²) in [4.78, 5) is 32.5. The maximum absolute atomic E-state index is 12.9. The van der Waals surface area contributed by atoms with E-state index in [2.05, 4.69) is 4.98 Å². The number of carboxylic acids is 1. The number of carbonyl (C=O) groups excluding carboxylic acids is 1. The summed E-state index contributed by atoms with van der Waals surface area (Å²) in [6.07, 6.45) is 1.35. The maximum atomic E-state index is 12.9. The van der Waals surface area contributed by atoms with Crippen LogP contribution in [0.3, 0.4) is 0 Å². The number of nitrogens with zero attached hydrogens (tertiary/aromatic N) is 5. The standard InChI is InChI=1S/C23H21N5O.C2HF3O2/c1-16-4-2-3-5-20(16)23(29)27-13-10-19(14-27)22-25-21-7-6-18(15-28(21)26-22)17-8-11-24-12-9-17;3-2(4,5)1(6)7/h2-9,11-12,15,19H,10,13-14H2,1H3;(H,6,7). The van der Waals surface area contributed by atoms with E-state index in [0.29, 0.717) is 6.54 Å². The van der Waals surface area contributed by atoms with Gasteiger partial charge in [0.25, 0.3) is 5.91 Å². The van der Waals surface area contributed by atoms with Gasteiger partial charge in [-0.15, -0.1) is 0 Å². The monoisotopic (exact) mass is 497 g/mol. The second-order valence-electron chi connectivity index (χ2n) is 8.28. The number of carbonyl (C=O) groups is 2. The Labute approximate surface area is 204 Å². The van der Waals surface area contributed by atoms with Crippen LogP contribution in [0.25, 0.3) is 16.8 Å². The second kappa shape index (κ2) is 10.1. The number of halogens is 3. The van der Waals surface area contributed by atoms with Gasteiger partial charge >= 0.3 is 12.1 Å². The number of fused-ring (bicyclic) bond motifs is 1. The molecule has 0 radical (unpaired) electrons. The lowest BCUT2D eigenvalue weighted by Crippen LogP contribution is -2.29. The number of pyridine rings is 2. The fraction of sp³-hybridized carbons (Fsp3) is 0.240. The number of carboxylic acid groups (broad SMARTS) is 1. The summed E-state index contributed by atoms with van der Waals surface area (Å²) in [6, 6.07) is 15.7. The molecule has 1 aliphatic heterocycles. The Kier molecular flexibility index (Phi) is 7.00. The zero-order valence-corrected chi connectivity index (χ0v) is 19.2. The molecule has 0 spiro atoms. The van der Waals surface area contributed by atoms with Gasteiger partial charge in [0.05, 0.1) is 0 Å². The minimum Gasteiger partial charge on any atom is -0.475 e. The van der Waals surface area contributed by atoms with Crippen LogP contribution in [0.1, 0.15) is 34.1 Å². The first kappa shape index (κ1) is 24.8. The predicted molar refractivity (Wildman–Crippen MR) is 124 cm³/mol. The maximum Gasteiger partial charge on any atom is 0.490 e. The van der Waals surface area contributed by atoms with Crippen LogP contribution in [0.5, 0.6) is 0 Å². The first-order valence-electron chi connectivity index (χ1n) is 11.0. The molecule has 4 heterocycles. The minimum absolute atomic E-state index is 0.0920. The molecule has 5 rings (SSSR count). The van der Waals surface area contributed by atoms with E-state index < -0.39 is 12.1 Å². The number of likely N-dealkylation sites (tertiary alicyclic amines) is 1. The Bertz CT molecular complexity index is 1390. The van der Waals surface area contributed by atoms with E-state index in [1.54, 1.807) is 12.4 Å². The predicted octanol–water partition coefficient (Wildman–Crippen LogP) is 4.36. The molecule has 1 N–H and O–H groups in total. The number of rotatable bonds is 3. The summed E-state index contributed by atoms with van der Waals surface area (Å²) in [5, 5.41) is 11.8. The SMILES string of the molecule is Cc1ccccc1C(=O)N1CCC(c2nc3ccc(-c4ccncc4)cn3n2)C1.O=C(O)C(F)(F)F. The van der Waals surface area contributed by atoms with Gasteiger partial charge in [-0.05, 0) is 54.8 Å². The van der Waals surface area contributed by atoms with E-state index in [9.17, 15) is 18.0 Å². The number of hydrogen-bond donors (Lipinski definition) is 1. The third-order valence-electron chi connectivity index (χ3n) is 5.82. The van der Waals surface area contributed by atoms with E-state index in [-0.39, 0.29) is 11.8 Å². The smallest absolute Gasteiger partial charge is 0.475 e. The first-order valence-corrected chi connectivity index (χ1v) is 11.0. The molecule has 1 aromatic carbocycles. The van der Waals surface area contributed by atoms with Crippen LogP contribution in [0, 0.1) is 6.92 Å². The molecule has 1 unspecified atom stereocenters. The number of amides is 1. The average Bonchev–Trinajstić information content (AvgIpc) is 3.51.